The molecule has 8 heteroatoms. The molecule has 0 spiro atoms. The molecule has 0 aliphatic carbocycles. The first-order valence-corrected chi connectivity index (χ1v) is 10.2. The molecular weight excluding hydrogens is 364 g/mol. The van der Waals surface area contributed by atoms with Gasteiger partial charge >= 0.3 is 0 Å². The molecule has 3 aromatic rings. The maximum absolute atomic E-state index is 13.0. The standard InChI is InChI=1S/C19H20N4O3S/c24-27(25,23-9-11-26-12-10-23)18-8-4-1-5-15(18)13-20-19-16-6-2-3-7-17(16)21-14-22-19/h1-8,14H,9-13H2,(H,20,21,22). The summed E-state index contributed by atoms with van der Waals surface area (Å²) >= 11 is 0. The van der Waals surface area contributed by atoms with Gasteiger partial charge in [0.1, 0.15) is 12.1 Å². The zero-order valence-corrected chi connectivity index (χ0v) is 15.5. The van der Waals surface area contributed by atoms with Gasteiger partial charge in [0, 0.05) is 25.0 Å². The van der Waals surface area contributed by atoms with E-state index >= 15 is 0 Å². The van der Waals surface area contributed by atoms with Crippen molar-refractivity contribution in [2.24, 2.45) is 0 Å². The van der Waals surface area contributed by atoms with Gasteiger partial charge in [0.05, 0.1) is 23.6 Å². The molecule has 0 amide bonds. The Morgan fingerprint density at radius 1 is 1.00 bits per heavy atom. The van der Waals surface area contributed by atoms with Crippen LogP contribution in [0.4, 0.5) is 5.82 Å². The molecule has 1 aliphatic rings. The van der Waals surface area contributed by atoms with Crippen LogP contribution in [-0.4, -0.2) is 49.0 Å². The number of nitrogens with zero attached hydrogens (tertiary/aromatic N) is 3. The molecule has 27 heavy (non-hydrogen) atoms. The van der Waals surface area contributed by atoms with E-state index < -0.39 is 10.0 Å². The fraction of sp³-hybridized carbons (Fsp3) is 0.263. The monoisotopic (exact) mass is 384 g/mol. The highest BCUT2D eigenvalue weighted by Gasteiger charge is 2.28. The smallest absolute Gasteiger partial charge is 0.243 e. The topological polar surface area (TPSA) is 84.4 Å². The molecule has 4 rings (SSSR count). The SMILES string of the molecule is O=S(=O)(c1ccccc1CNc1ncnc2ccccc12)N1CCOCC1. The van der Waals surface area contributed by atoms with Gasteiger partial charge in [0.15, 0.2) is 0 Å². The van der Waals surface area contributed by atoms with Crippen molar-refractivity contribution >= 4 is 26.7 Å². The van der Waals surface area contributed by atoms with E-state index in [-0.39, 0.29) is 0 Å². The van der Waals surface area contributed by atoms with Crippen molar-refractivity contribution in [1.29, 1.82) is 0 Å². The number of morpholine rings is 1. The summed E-state index contributed by atoms with van der Waals surface area (Å²) in [6, 6.07) is 14.8. The van der Waals surface area contributed by atoms with Crippen molar-refractivity contribution in [2.75, 3.05) is 31.6 Å². The van der Waals surface area contributed by atoms with Gasteiger partial charge in [0.25, 0.3) is 0 Å². The Labute approximate surface area is 158 Å². The summed E-state index contributed by atoms with van der Waals surface area (Å²) in [5.74, 6) is 0.680. The van der Waals surface area contributed by atoms with Gasteiger partial charge in [-0.15, -0.1) is 0 Å². The van der Waals surface area contributed by atoms with E-state index in [1.807, 2.05) is 36.4 Å². The van der Waals surface area contributed by atoms with E-state index in [2.05, 4.69) is 15.3 Å². The van der Waals surface area contributed by atoms with E-state index in [1.165, 1.54) is 10.6 Å². The Bertz CT molecular complexity index is 1040. The zero-order chi connectivity index (χ0) is 18.7. The molecule has 1 fully saturated rings. The van der Waals surface area contributed by atoms with Crippen LogP contribution in [-0.2, 0) is 21.3 Å². The van der Waals surface area contributed by atoms with Crippen molar-refractivity contribution in [2.45, 2.75) is 11.4 Å². The average molecular weight is 384 g/mol. The third-order valence-electron chi connectivity index (χ3n) is 4.55. The van der Waals surface area contributed by atoms with Crippen LogP contribution in [0, 0.1) is 0 Å². The molecule has 1 saturated heterocycles. The van der Waals surface area contributed by atoms with Crippen molar-refractivity contribution in [3.05, 3.63) is 60.4 Å². The Kier molecular flexibility index (Phi) is 5.02. The molecule has 0 bridgehead atoms. The van der Waals surface area contributed by atoms with Crippen LogP contribution in [0.1, 0.15) is 5.56 Å². The summed E-state index contributed by atoms with van der Waals surface area (Å²) in [6.07, 6.45) is 1.50. The lowest BCUT2D eigenvalue weighted by molar-refractivity contribution is 0.0730. The van der Waals surface area contributed by atoms with Crippen molar-refractivity contribution in [1.82, 2.24) is 14.3 Å². The Morgan fingerprint density at radius 2 is 1.74 bits per heavy atom. The van der Waals surface area contributed by atoms with E-state index in [0.717, 1.165) is 10.9 Å². The molecule has 2 heterocycles. The van der Waals surface area contributed by atoms with Crippen LogP contribution in [0.3, 0.4) is 0 Å². The first kappa shape index (κ1) is 17.8. The van der Waals surface area contributed by atoms with Crippen LogP contribution in [0.25, 0.3) is 10.9 Å². The maximum atomic E-state index is 13.0. The maximum Gasteiger partial charge on any atom is 0.243 e. The lowest BCUT2D eigenvalue weighted by Gasteiger charge is -2.27. The molecule has 1 aromatic heterocycles. The van der Waals surface area contributed by atoms with Crippen LogP contribution in [0.2, 0.25) is 0 Å². The van der Waals surface area contributed by atoms with Crippen LogP contribution < -0.4 is 5.32 Å². The molecular formula is C19H20N4O3S. The molecule has 0 atom stereocenters. The third kappa shape index (κ3) is 3.64. The highest BCUT2D eigenvalue weighted by atomic mass is 32.2. The van der Waals surface area contributed by atoms with Gasteiger partial charge in [-0.25, -0.2) is 18.4 Å². The predicted octanol–water partition coefficient (Wildman–Crippen LogP) is 2.26. The minimum absolute atomic E-state index is 0.317. The van der Waals surface area contributed by atoms with Crippen LogP contribution >= 0.6 is 0 Å². The number of benzene rings is 2. The second-order valence-electron chi connectivity index (χ2n) is 6.22. The predicted molar refractivity (Wildman–Crippen MR) is 103 cm³/mol. The number of nitrogens with one attached hydrogen (secondary N) is 1. The molecule has 0 radical (unpaired) electrons. The minimum atomic E-state index is -3.56. The van der Waals surface area contributed by atoms with Gasteiger partial charge in [-0.3, -0.25) is 0 Å². The van der Waals surface area contributed by atoms with Crippen LogP contribution in [0.15, 0.2) is 59.8 Å². The first-order chi connectivity index (χ1) is 13.2. The summed E-state index contributed by atoms with van der Waals surface area (Å²) < 4.78 is 32.9. The minimum Gasteiger partial charge on any atom is -0.379 e. The second-order valence-corrected chi connectivity index (χ2v) is 8.12. The number of rotatable bonds is 5. The van der Waals surface area contributed by atoms with Gasteiger partial charge in [-0.1, -0.05) is 30.3 Å². The average Bonchev–Trinajstić information content (AvgIpc) is 2.73. The Hall–Kier alpha value is -2.55. The van der Waals surface area contributed by atoms with E-state index in [1.54, 1.807) is 12.1 Å². The Morgan fingerprint density at radius 3 is 2.59 bits per heavy atom. The van der Waals surface area contributed by atoms with Gasteiger partial charge in [-0.05, 0) is 23.8 Å². The zero-order valence-electron chi connectivity index (χ0n) is 14.7. The van der Waals surface area contributed by atoms with Crippen molar-refractivity contribution in [3.8, 4) is 0 Å². The van der Waals surface area contributed by atoms with Gasteiger partial charge < -0.3 is 10.1 Å². The lowest BCUT2D eigenvalue weighted by Crippen LogP contribution is -2.41. The quantitative estimate of drug-likeness (QED) is 0.726. The normalized spacial score (nSPS) is 15.7. The van der Waals surface area contributed by atoms with Crippen molar-refractivity contribution in [3.63, 3.8) is 0 Å². The number of hydrogen-bond donors (Lipinski definition) is 1. The fourth-order valence-electron chi connectivity index (χ4n) is 3.15. The number of para-hydroxylation sites is 1. The Balaban J connectivity index is 1.62. The number of anilines is 1. The highest BCUT2D eigenvalue weighted by Crippen LogP contribution is 2.24. The summed E-state index contributed by atoms with van der Waals surface area (Å²) in [6.45, 7) is 1.95. The molecule has 140 valence electrons. The molecule has 0 saturated carbocycles. The van der Waals surface area contributed by atoms with E-state index in [4.69, 9.17) is 4.74 Å². The highest BCUT2D eigenvalue weighted by molar-refractivity contribution is 7.89. The van der Waals surface area contributed by atoms with Gasteiger partial charge in [-0.2, -0.15) is 4.31 Å². The molecule has 2 aromatic carbocycles. The first-order valence-electron chi connectivity index (χ1n) is 8.76. The third-order valence-corrected chi connectivity index (χ3v) is 6.55. The van der Waals surface area contributed by atoms with Crippen LogP contribution in [0.5, 0.6) is 0 Å². The summed E-state index contributed by atoms with van der Waals surface area (Å²) in [7, 11) is -3.56. The molecule has 1 N–H and O–H groups in total. The lowest BCUT2D eigenvalue weighted by atomic mass is 10.2. The number of hydrogen-bond acceptors (Lipinski definition) is 6. The largest absolute Gasteiger partial charge is 0.379 e. The molecule has 7 nitrogen and oxygen atoms in total. The van der Waals surface area contributed by atoms with E-state index in [0.29, 0.717) is 49.1 Å². The summed E-state index contributed by atoms with van der Waals surface area (Å²) in [4.78, 5) is 8.87. The van der Waals surface area contributed by atoms with E-state index in [9.17, 15) is 8.42 Å². The molecule has 1 aliphatic heterocycles. The number of fused-ring (bicyclic) bond motifs is 1. The van der Waals surface area contributed by atoms with Gasteiger partial charge in [0.2, 0.25) is 10.0 Å². The molecule has 0 unspecified atom stereocenters. The number of aromatic nitrogens is 2. The number of sulfonamides is 1. The summed E-state index contributed by atoms with van der Waals surface area (Å²) in [5.41, 5.74) is 1.54. The second kappa shape index (κ2) is 7.59. The fourth-order valence-corrected chi connectivity index (χ4v) is 4.78. The summed E-state index contributed by atoms with van der Waals surface area (Å²) in [5, 5.41) is 4.16. The van der Waals surface area contributed by atoms with Crippen molar-refractivity contribution < 1.29 is 13.2 Å². The number of ether oxygens (including phenoxy) is 1.